The van der Waals surface area contributed by atoms with Gasteiger partial charge in [0.2, 0.25) is 0 Å². The van der Waals surface area contributed by atoms with Crippen LogP contribution in [0.5, 0.6) is 0 Å². The highest BCUT2D eigenvalue weighted by Crippen LogP contribution is 2.16. The summed E-state index contributed by atoms with van der Waals surface area (Å²) >= 11 is 0. The molecule has 1 unspecified atom stereocenters. The number of rotatable bonds is 3. The van der Waals surface area contributed by atoms with E-state index in [1.165, 1.54) is 29.2 Å². The van der Waals surface area contributed by atoms with Crippen LogP contribution in [0, 0.1) is 5.82 Å². The minimum absolute atomic E-state index is 0.180. The predicted octanol–water partition coefficient (Wildman–Crippen LogP) is 0.844. The fourth-order valence-electron chi connectivity index (χ4n) is 1.37. The van der Waals surface area contributed by atoms with Crippen LogP contribution in [0.4, 0.5) is 10.1 Å². The maximum atomic E-state index is 13.1. The summed E-state index contributed by atoms with van der Waals surface area (Å²) in [6.07, 6.45) is 1.38. The van der Waals surface area contributed by atoms with Gasteiger partial charge in [0.25, 0.3) is 0 Å². The average molecular weight is 254 g/mol. The number of halogens is 1. The number of nitrogen functional groups attached to an aromatic ring is 1. The van der Waals surface area contributed by atoms with E-state index >= 15 is 0 Å². The molecule has 0 aliphatic carbocycles. The van der Waals surface area contributed by atoms with Crippen molar-refractivity contribution < 1.29 is 8.60 Å². The van der Waals surface area contributed by atoms with Crippen molar-refractivity contribution in [1.82, 2.24) is 14.8 Å². The summed E-state index contributed by atoms with van der Waals surface area (Å²) in [5, 5.41) is 3.87. The topological polar surface area (TPSA) is 73.8 Å². The molecule has 1 aromatic carbocycles. The molecule has 17 heavy (non-hydrogen) atoms. The van der Waals surface area contributed by atoms with Crippen LogP contribution in [-0.2, 0) is 23.6 Å². The molecule has 2 rings (SSSR count). The maximum Gasteiger partial charge on any atom is 0.139 e. The second-order valence-electron chi connectivity index (χ2n) is 3.51. The van der Waals surface area contributed by atoms with Gasteiger partial charge < -0.3 is 5.73 Å². The number of benzene rings is 1. The second kappa shape index (κ2) is 4.62. The Balaban J connectivity index is 2.23. The first kappa shape index (κ1) is 11.7. The molecule has 0 aliphatic heterocycles. The Morgan fingerprint density at radius 3 is 2.82 bits per heavy atom. The summed E-state index contributed by atoms with van der Waals surface area (Å²) in [4.78, 5) is 4.31. The normalized spacial score (nSPS) is 12.6. The Bertz CT molecular complexity index is 549. The molecule has 0 bridgehead atoms. The van der Waals surface area contributed by atoms with Crippen LogP contribution in [0.25, 0.3) is 0 Å². The van der Waals surface area contributed by atoms with Crippen molar-refractivity contribution in [3.05, 3.63) is 36.2 Å². The first-order valence-electron chi connectivity index (χ1n) is 4.83. The zero-order chi connectivity index (χ0) is 12.4. The van der Waals surface area contributed by atoms with Crippen LogP contribution < -0.4 is 5.73 Å². The molecule has 1 aromatic heterocycles. The summed E-state index contributed by atoms with van der Waals surface area (Å²) in [7, 11) is 0.321. The summed E-state index contributed by atoms with van der Waals surface area (Å²) in [6.45, 7) is 0. The number of nitrogens with two attached hydrogens (primary N) is 1. The number of nitrogens with zero attached hydrogens (tertiary/aromatic N) is 3. The molecule has 0 saturated carbocycles. The second-order valence-corrected chi connectivity index (χ2v) is 4.96. The first-order valence-corrected chi connectivity index (χ1v) is 6.15. The zero-order valence-corrected chi connectivity index (χ0v) is 9.95. The summed E-state index contributed by atoms with van der Waals surface area (Å²) in [5.41, 5.74) is 5.75. The Hall–Kier alpha value is -1.76. The van der Waals surface area contributed by atoms with E-state index in [0.29, 0.717) is 10.7 Å². The monoisotopic (exact) mass is 254 g/mol. The van der Waals surface area contributed by atoms with E-state index in [9.17, 15) is 8.60 Å². The van der Waals surface area contributed by atoms with Crippen molar-refractivity contribution >= 4 is 16.5 Å². The van der Waals surface area contributed by atoms with Gasteiger partial charge in [-0.05, 0) is 18.2 Å². The Morgan fingerprint density at radius 1 is 1.47 bits per heavy atom. The fourth-order valence-corrected chi connectivity index (χ4v) is 2.54. The molecular formula is C10H11FN4OS. The molecule has 2 aromatic rings. The van der Waals surface area contributed by atoms with Gasteiger partial charge in [-0.15, -0.1) is 0 Å². The van der Waals surface area contributed by atoms with Crippen LogP contribution >= 0.6 is 0 Å². The fraction of sp³-hybridized carbons (Fsp3) is 0.200. The van der Waals surface area contributed by atoms with Gasteiger partial charge in [0.05, 0.1) is 16.6 Å². The van der Waals surface area contributed by atoms with Crippen LogP contribution in [0.15, 0.2) is 29.4 Å². The predicted molar refractivity (Wildman–Crippen MR) is 61.9 cm³/mol. The lowest BCUT2D eigenvalue weighted by Crippen LogP contribution is -2.05. The van der Waals surface area contributed by atoms with Gasteiger partial charge in [-0.2, -0.15) is 5.10 Å². The number of aromatic nitrogens is 3. The van der Waals surface area contributed by atoms with Gasteiger partial charge in [0, 0.05) is 17.6 Å². The molecule has 0 aliphatic rings. The lowest BCUT2D eigenvalue weighted by atomic mass is 10.3. The molecule has 0 spiro atoms. The van der Waals surface area contributed by atoms with E-state index < -0.39 is 16.6 Å². The summed E-state index contributed by atoms with van der Waals surface area (Å²) in [6, 6.07) is 3.89. The smallest absolute Gasteiger partial charge is 0.139 e. The number of anilines is 1. The van der Waals surface area contributed by atoms with Gasteiger partial charge in [-0.25, -0.2) is 9.37 Å². The van der Waals surface area contributed by atoms with Crippen molar-refractivity contribution in [2.24, 2.45) is 7.05 Å². The lowest BCUT2D eigenvalue weighted by Gasteiger charge is -2.03. The summed E-state index contributed by atoms with van der Waals surface area (Å²) in [5.74, 6) is 0.261. The largest absolute Gasteiger partial charge is 0.399 e. The molecule has 0 amide bonds. The maximum absolute atomic E-state index is 13.1. The molecule has 1 atom stereocenters. The number of hydrogen-bond donors (Lipinski definition) is 1. The first-order chi connectivity index (χ1) is 8.06. The van der Waals surface area contributed by atoms with Crippen molar-refractivity contribution in [3.63, 3.8) is 0 Å². The Kier molecular flexibility index (Phi) is 3.19. The SMILES string of the molecule is Cn1ncnc1CS(=O)c1cc(N)cc(F)c1. The van der Waals surface area contributed by atoms with Crippen LogP contribution in [0.1, 0.15) is 5.82 Å². The molecule has 1 heterocycles. The van der Waals surface area contributed by atoms with Gasteiger partial charge in [0.1, 0.15) is 18.0 Å². The van der Waals surface area contributed by atoms with Crippen molar-refractivity contribution in [2.45, 2.75) is 10.6 Å². The average Bonchev–Trinajstić information content (AvgIpc) is 2.63. The highest BCUT2D eigenvalue weighted by molar-refractivity contribution is 7.84. The van der Waals surface area contributed by atoms with Crippen molar-refractivity contribution in [1.29, 1.82) is 0 Å². The minimum atomic E-state index is -1.39. The van der Waals surface area contributed by atoms with Crippen molar-refractivity contribution in [3.8, 4) is 0 Å². The molecule has 90 valence electrons. The quantitative estimate of drug-likeness (QED) is 0.824. The lowest BCUT2D eigenvalue weighted by molar-refractivity contribution is 0.623. The van der Waals surface area contributed by atoms with Gasteiger partial charge in [-0.3, -0.25) is 8.89 Å². The Morgan fingerprint density at radius 2 is 2.24 bits per heavy atom. The molecular weight excluding hydrogens is 243 g/mol. The number of aryl methyl sites for hydroxylation is 1. The van der Waals surface area contributed by atoms with Crippen molar-refractivity contribution in [2.75, 3.05) is 5.73 Å². The third-order valence-corrected chi connectivity index (χ3v) is 3.50. The van der Waals surface area contributed by atoms with Gasteiger partial charge in [-0.1, -0.05) is 0 Å². The van der Waals surface area contributed by atoms with Gasteiger partial charge in [0.15, 0.2) is 0 Å². The molecule has 0 saturated heterocycles. The van der Waals surface area contributed by atoms with E-state index in [2.05, 4.69) is 10.1 Å². The Labute approximate surface area is 99.9 Å². The van der Waals surface area contributed by atoms with E-state index in [1.54, 1.807) is 7.05 Å². The van der Waals surface area contributed by atoms with E-state index in [0.717, 1.165) is 0 Å². The highest BCUT2D eigenvalue weighted by atomic mass is 32.2. The molecule has 7 heteroatoms. The third-order valence-electron chi connectivity index (χ3n) is 2.22. The summed E-state index contributed by atoms with van der Waals surface area (Å²) < 4.78 is 26.6. The molecule has 0 radical (unpaired) electrons. The standard InChI is InChI=1S/C10H11FN4OS/c1-15-10(13-6-14-15)5-17(16)9-3-7(11)2-8(12)4-9/h2-4,6H,5,12H2,1H3. The van der Waals surface area contributed by atoms with E-state index in [-0.39, 0.29) is 11.4 Å². The van der Waals surface area contributed by atoms with Gasteiger partial charge >= 0.3 is 0 Å². The van der Waals surface area contributed by atoms with Crippen LogP contribution in [0.2, 0.25) is 0 Å². The zero-order valence-electron chi connectivity index (χ0n) is 9.13. The van der Waals surface area contributed by atoms with E-state index in [4.69, 9.17) is 5.73 Å². The molecule has 5 nitrogen and oxygen atoms in total. The molecule has 0 fully saturated rings. The minimum Gasteiger partial charge on any atom is -0.399 e. The highest BCUT2D eigenvalue weighted by Gasteiger charge is 2.10. The van der Waals surface area contributed by atoms with E-state index in [1.807, 2.05) is 0 Å². The van der Waals surface area contributed by atoms with Crippen LogP contribution in [-0.4, -0.2) is 19.0 Å². The third kappa shape index (κ3) is 2.68. The number of hydrogen-bond acceptors (Lipinski definition) is 4. The molecule has 2 N–H and O–H groups in total. The van der Waals surface area contributed by atoms with Crippen LogP contribution in [0.3, 0.4) is 0 Å².